The Morgan fingerprint density at radius 3 is 2.52 bits per heavy atom. The van der Waals surface area contributed by atoms with Gasteiger partial charge < -0.3 is 10.2 Å². The van der Waals surface area contributed by atoms with Crippen molar-refractivity contribution in [1.29, 1.82) is 0 Å². The molecule has 0 bridgehead atoms. The highest BCUT2D eigenvalue weighted by molar-refractivity contribution is 7.12. The summed E-state index contributed by atoms with van der Waals surface area (Å²) in [5.74, 6) is 1.12. The summed E-state index contributed by atoms with van der Waals surface area (Å²) in [7, 11) is 0. The molecule has 132 valence electrons. The zero-order valence-electron chi connectivity index (χ0n) is 14.8. The number of amides is 1. The Hall–Kier alpha value is -1.65. The second kappa shape index (κ2) is 7.30. The lowest BCUT2D eigenvalue weighted by Gasteiger charge is -2.32. The molecule has 1 saturated carbocycles. The van der Waals surface area contributed by atoms with Gasteiger partial charge in [-0.15, -0.1) is 11.3 Å². The van der Waals surface area contributed by atoms with Crippen LogP contribution in [0.15, 0.2) is 35.7 Å². The average Bonchev–Trinajstić information content (AvgIpc) is 3.35. The molecule has 0 unspecified atom stereocenters. The van der Waals surface area contributed by atoms with Crippen LogP contribution in [0.4, 0.5) is 0 Å². The number of nitrogens with zero attached hydrogens (tertiary/aromatic N) is 1. The van der Waals surface area contributed by atoms with Crippen molar-refractivity contribution in [2.24, 2.45) is 5.92 Å². The van der Waals surface area contributed by atoms with E-state index in [1.165, 1.54) is 24.9 Å². The highest BCUT2D eigenvalue weighted by Crippen LogP contribution is 2.31. The van der Waals surface area contributed by atoms with Crippen molar-refractivity contribution in [1.82, 2.24) is 10.2 Å². The van der Waals surface area contributed by atoms with Gasteiger partial charge in [-0.3, -0.25) is 4.79 Å². The number of hydrogen-bond acceptors (Lipinski definition) is 3. The first-order chi connectivity index (χ1) is 12.2. The Morgan fingerprint density at radius 1 is 1.12 bits per heavy atom. The number of aryl methyl sites for hydroxylation is 1. The van der Waals surface area contributed by atoms with E-state index in [9.17, 15) is 4.79 Å². The summed E-state index contributed by atoms with van der Waals surface area (Å²) in [4.78, 5) is 15.9. The van der Waals surface area contributed by atoms with Crippen molar-refractivity contribution in [2.45, 2.75) is 38.6 Å². The predicted molar refractivity (Wildman–Crippen MR) is 104 cm³/mol. The van der Waals surface area contributed by atoms with Crippen LogP contribution < -0.4 is 5.32 Å². The molecule has 0 spiro atoms. The topological polar surface area (TPSA) is 32.3 Å². The fourth-order valence-corrected chi connectivity index (χ4v) is 4.40. The van der Waals surface area contributed by atoms with E-state index < -0.39 is 0 Å². The second-order valence-corrected chi connectivity index (χ2v) is 8.36. The molecule has 2 heterocycles. The van der Waals surface area contributed by atoms with E-state index in [4.69, 9.17) is 0 Å². The lowest BCUT2D eigenvalue weighted by Crippen LogP contribution is -2.45. The number of rotatable bonds is 5. The minimum Gasteiger partial charge on any atom is -0.338 e. The van der Waals surface area contributed by atoms with Crippen LogP contribution >= 0.6 is 11.3 Å². The van der Waals surface area contributed by atoms with Crippen molar-refractivity contribution in [3.05, 3.63) is 46.2 Å². The first kappa shape index (κ1) is 16.8. The van der Waals surface area contributed by atoms with Gasteiger partial charge in [-0.2, -0.15) is 0 Å². The number of benzene rings is 1. The zero-order valence-corrected chi connectivity index (χ0v) is 15.6. The summed E-state index contributed by atoms with van der Waals surface area (Å²) in [5, 5.41) is 5.72. The van der Waals surface area contributed by atoms with Gasteiger partial charge in [-0.1, -0.05) is 29.8 Å². The Bertz CT molecular complexity index is 725. The maximum atomic E-state index is 13.0. The van der Waals surface area contributed by atoms with Gasteiger partial charge in [-0.05, 0) is 62.1 Å². The lowest BCUT2D eigenvalue weighted by molar-refractivity contribution is 0.0710. The highest BCUT2D eigenvalue weighted by atomic mass is 32.1. The molecule has 3 nitrogen and oxygen atoms in total. The van der Waals surface area contributed by atoms with Gasteiger partial charge >= 0.3 is 0 Å². The molecule has 4 heteroatoms. The van der Waals surface area contributed by atoms with E-state index in [2.05, 4.69) is 42.6 Å². The summed E-state index contributed by atoms with van der Waals surface area (Å²) in [5.41, 5.74) is 3.45. The van der Waals surface area contributed by atoms with E-state index in [1.807, 2.05) is 10.3 Å². The minimum absolute atomic E-state index is 0.200. The SMILES string of the molecule is Cc1ccc(-c2ccsc2C(=O)N2CCC(NCC3CC3)CC2)cc1. The maximum absolute atomic E-state index is 13.0. The standard InChI is InChI=1S/C21H26N2OS/c1-15-2-6-17(7-3-15)19-10-13-25-20(19)21(24)23-11-8-18(9-12-23)22-14-16-4-5-16/h2-3,6-7,10,13,16,18,22H,4-5,8-9,11-12,14H2,1H3. The van der Waals surface area contributed by atoms with Crippen LogP contribution in [0.1, 0.15) is 40.9 Å². The summed E-state index contributed by atoms with van der Waals surface area (Å²) in [6, 6.07) is 11.1. The molecule has 1 aromatic carbocycles. The molecule has 25 heavy (non-hydrogen) atoms. The average molecular weight is 355 g/mol. The van der Waals surface area contributed by atoms with Crippen LogP contribution in [0.3, 0.4) is 0 Å². The molecule has 1 aliphatic heterocycles. The number of piperidine rings is 1. The molecular weight excluding hydrogens is 328 g/mol. The van der Waals surface area contributed by atoms with Gasteiger partial charge in [0.15, 0.2) is 0 Å². The molecule has 1 aliphatic carbocycles. The first-order valence-corrected chi connectivity index (χ1v) is 10.3. The van der Waals surface area contributed by atoms with Gasteiger partial charge in [-0.25, -0.2) is 0 Å². The quantitative estimate of drug-likeness (QED) is 0.867. The molecule has 0 radical (unpaired) electrons. The second-order valence-electron chi connectivity index (χ2n) is 7.45. The monoisotopic (exact) mass is 354 g/mol. The van der Waals surface area contributed by atoms with E-state index in [-0.39, 0.29) is 5.91 Å². The Balaban J connectivity index is 1.40. The third-order valence-corrected chi connectivity index (χ3v) is 6.30. The molecule has 1 N–H and O–H groups in total. The van der Waals surface area contributed by atoms with Crippen molar-refractivity contribution in [2.75, 3.05) is 19.6 Å². The molecule has 2 aromatic rings. The van der Waals surface area contributed by atoms with E-state index in [0.717, 1.165) is 47.9 Å². The van der Waals surface area contributed by atoms with Gasteiger partial charge in [0.1, 0.15) is 0 Å². The molecule has 2 fully saturated rings. The third kappa shape index (κ3) is 3.96. The van der Waals surface area contributed by atoms with Crippen LogP contribution in [-0.4, -0.2) is 36.5 Å². The summed E-state index contributed by atoms with van der Waals surface area (Å²) in [6.45, 7) is 4.99. The normalized spacial score (nSPS) is 18.5. The summed E-state index contributed by atoms with van der Waals surface area (Å²) >= 11 is 1.57. The summed E-state index contributed by atoms with van der Waals surface area (Å²) < 4.78 is 0. The maximum Gasteiger partial charge on any atom is 0.264 e. The van der Waals surface area contributed by atoms with Crippen LogP contribution in [0.25, 0.3) is 11.1 Å². The lowest BCUT2D eigenvalue weighted by atomic mass is 10.0. The van der Waals surface area contributed by atoms with Crippen molar-refractivity contribution in [3.8, 4) is 11.1 Å². The molecule has 1 saturated heterocycles. The highest BCUT2D eigenvalue weighted by Gasteiger charge is 2.27. The van der Waals surface area contributed by atoms with Crippen molar-refractivity contribution >= 4 is 17.2 Å². The van der Waals surface area contributed by atoms with Crippen LogP contribution in [0, 0.1) is 12.8 Å². The number of thiophene rings is 1. The predicted octanol–water partition coefficient (Wildman–Crippen LogP) is 4.33. The van der Waals surface area contributed by atoms with E-state index >= 15 is 0 Å². The molecular formula is C21H26N2OS. The fourth-order valence-electron chi connectivity index (χ4n) is 3.52. The largest absolute Gasteiger partial charge is 0.338 e. The Labute approximate surface area is 154 Å². The fraction of sp³-hybridized carbons (Fsp3) is 0.476. The molecule has 0 atom stereocenters. The number of likely N-dealkylation sites (tertiary alicyclic amines) is 1. The van der Waals surface area contributed by atoms with Gasteiger partial charge in [0.2, 0.25) is 0 Å². The molecule has 1 amide bonds. The number of carbonyl (C=O) groups excluding carboxylic acids is 1. The minimum atomic E-state index is 0.200. The number of carbonyl (C=O) groups is 1. The Kier molecular flexibility index (Phi) is 4.91. The van der Waals surface area contributed by atoms with E-state index in [0.29, 0.717) is 6.04 Å². The number of nitrogens with one attached hydrogen (secondary N) is 1. The van der Waals surface area contributed by atoms with Crippen LogP contribution in [-0.2, 0) is 0 Å². The van der Waals surface area contributed by atoms with Crippen LogP contribution in [0.5, 0.6) is 0 Å². The van der Waals surface area contributed by atoms with Crippen molar-refractivity contribution < 1.29 is 4.79 Å². The zero-order chi connectivity index (χ0) is 17.2. The molecule has 2 aliphatic rings. The molecule has 1 aromatic heterocycles. The number of hydrogen-bond donors (Lipinski definition) is 1. The Morgan fingerprint density at radius 2 is 1.84 bits per heavy atom. The smallest absolute Gasteiger partial charge is 0.264 e. The summed E-state index contributed by atoms with van der Waals surface area (Å²) in [6.07, 6.45) is 4.93. The molecule has 4 rings (SSSR count). The van der Waals surface area contributed by atoms with Crippen LogP contribution in [0.2, 0.25) is 0 Å². The van der Waals surface area contributed by atoms with Crippen molar-refractivity contribution in [3.63, 3.8) is 0 Å². The van der Waals surface area contributed by atoms with E-state index in [1.54, 1.807) is 11.3 Å². The first-order valence-electron chi connectivity index (χ1n) is 9.38. The van der Waals surface area contributed by atoms with Gasteiger partial charge in [0.25, 0.3) is 5.91 Å². The third-order valence-electron chi connectivity index (χ3n) is 5.40. The van der Waals surface area contributed by atoms with Gasteiger partial charge in [0.05, 0.1) is 4.88 Å². The van der Waals surface area contributed by atoms with Gasteiger partial charge in [0, 0.05) is 24.7 Å².